The van der Waals surface area contributed by atoms with Crippen LogP contribution in [0.3, 0.4) is 0 Å². The van der Waals surface area contributed by atoms with Gasteiger partial charge in [0.15, 0.2) is 0 Å². The first-order valence-corrected chi connectivity index (χ1v) is 7.27. The zero-order chi connectivity index (χ0) is 11.3. The van der Waals surface area contributed by atoms with Crippen LogP contribution in [0.2, 0.25) is 0 Å². The monoisotopic (exact) mass is 221 g/mol. The molecule has 0 heterocycles. The van der Waals surface area contributed by atoms with Crippen LogP contribution in [-0.4, -0.2) is 6.54 Å². The van der Waals surface area contributed by atoms with Crippen LogP contribution in [0.25, 0.3) is 0 Å². The van der Waals surface area contributed by atoms with E-state index in [1.807, 2.05) is 0 Å². The molecular weight excluding hydrogens is 194 g/mol. The van der Waals surface area contributed by atoms with Gasteiger partial charge in [-0.1, -0.05) is 13.8 Å². The summed E-state index contributed by atoms with van der Waals surface area (Å²) in [5.41, 5.74) is 6.28. The van der Waals surface area contributed by atoms with Crippen molar-refractivity contribution in [2.24, 2.45) is 40.7 Å². The van der Waals surface area contributed by atoms with Crippen LogP contribution in [0.4, 0.5) is 0 Å². The van der Waals surface area contributed by atoms with Crippen LogP contribution in [0.15, 0.2) is 0 Å². The molecule has 0 atom stereocenters. The van der Waals surface area contributed by atoms with Crippen molar-refractivity contribution in [3.8, 4) is 0 Å². The highest BCUT2D eigenvalue weighted by molar-refractivity contribution is 4.99. The SMILES string of the molecule is CC(C)(CN)CC1C2CC3CC(C2)CC1C3. The van der Waals surface area contributed by atoms with Crippen molar-refractivity contribution in [3.63, 3.8) is 0 Å². The second-order valence-electron chi connectivity index (χ2n) is 7.67. The molecule has 0 unspecified atom stereocenters. The van der Waals surface area contributed by atoms with E-state index in [1.165, 1.54) is 6.42 Å². The van der Waals surface area contributed by atoms with Gasteiger partial charge in [0, 0.05) is 0 Å². The standard InChI is InChI=1S/C15H27N/c1-15(2,9-16)8-14-12-4-10-3-11(6-12)7-13(14)5-10/h10-14H,3-9,16H2,1-2H3. The molecule has 92 valence electrons. The fourth-order valence-corrected chi connectivity index (χ4v) is 5.09. The molecule has 0 radical (unpaired) electrons. The van der Waals surface area contributed by atoms with E-state index < -0.39 is 0 Å². The lowest BCUT2D eigenvalue weighted by Crippen LogP contribution is -2.46. The fraction of sp³-hybridized carbons (Fsp3) is 1.00. The molecule has 4 aliphatic carbocycles. The molecule has 4 aliphatic rings. The Kier molecular flexibility index (Phi) is 2.58. The summed E-state index contributed by atoms with van der Waals surface area (Å²) in [7, 11) is 0. The van der Waals surface area contributed by atoms with Crippen molar-refractivity contribution >= 4 is 0 Å². The molecule has 0 amide bonds. The predicted molar refractivity (Wildman–Crippen MR) is 68.0 cm³/mol. The third-order valence-corrected chi connectivity index (χ3v) is 5.76. The van der Waals surface area contributed by atoms with E-state index in [9.17, 15) is 0 Å². The van der Waals surface area contributed by atoms with E-state index in [0.717, 1.165) is 36.1 Å². The Morgan fingerprint density at radius 3 is 1.88 bits per heavy atom. The molecule has 16 heavy (non-hydrogen) atoms. The third kappa shape index (κ3) is 1.81. The molecule has 1 heteroatoms. The summed E-state index contributed by atoms with van der Waals surface area (Å²) in [6.45, 7) is 5.58. The molecule has 4 fully saturated rings. The Morgan fingerprint density at radius 2 is 1.44 bits per heavy atom. The minimum atomic E-state index is 0.375. The van der Waals surface area contributed by atoms with Gasteiger partial charge < -0.3 is 5.73 Å². The highest BCUT2D eigenvalue weighted by Gasteiger charge is 2.48. The molecule has 0 aromatic rings. The fourth-order valence-electron chi connectivity index (χ4n) is 5.09. The zero-order valence-electron chi connectivity index (χ0n) is 10.9. The third-order valence-electron chi connectivity index (χ3n) is 5.76. The van der Waals surface area contributed by atoms with Gasteiger partial charge in [0.2, 0.25) is 0 Å². The van der Waals surface area contributed by atoms with Gasteiger partial charge in [-0.2, -0.15) is 0 Å². The summed E-state index contributed by atoms with van der Waals surface area (Å²) in [5.74, 6) is 5.38. The Labute approximate surface area is 100 Å². The van der Waals surface area contributed by atoms with Crippen LogP contribution in [0, 0.1) is 35.0 Å². The highest BCUT2D eigenvalue weighted by Crippen LogP contribution is 2.58. The highest BCUT2D eigenvalue weighted by atomic mass is 14.6. The summed E-state index contributed by atoms with van der Waals surface area (Å²) >= 11 is 0. The van der Waals surface area contributed by atoms with Gasteiger partial charge >= 0.3 is 0 Å². The second-order valence-corrected chi connectivity index (χ2v) is 7.67. The Balaban J connectivity index is 1.72. The minimum absolute atomic E-state index is 0.375. The second kappa shape index (κ2) is 3.73. The molecule has 4 rings (SSSR count). The van der Waals surface area contributed by atoms with E-state index in [2.05, 4.69) is 13.8 Å². The molecular formula is C15H27N. The molecule has 2 N–H and O–H groups in total. The lowest BCUT2D eigenvalue weighted by atomic mass is 9.50. The van der Waals surface area contributed by atoms with E-state index in [4.69, 9.17) is 5.73 Å². The minimum Gasteiger partial charge on any atom is -0.330 e. The summed E-state index contributed by atoms with van der Waals surface area (Å²) < 4.78 is 0. The predicted octanol–water partition coefficient (Wildman–Crippen LogP) is 3.43. The van der Waals surface area contributed by atoms with Gasteiger partial charge in [0.05, 0.1) is 0 Å². The molecule has 4 bridgehead atoms. The van der Waals surface area contributed by atoms with Crippen molar-refractivity contribution in [1.29, 1.82) is 0 Å². The average Bonchev–Trinajstić information content (AvgIpc) is 2.22. The lowest BCUT2D eigenvalue weighted by Gasteiger charge is -2.55. The van der Waals surface area contributed by atoms with Gasteiger partial charge in [0.25, 0.3) is 0 Å². The van der Waals surface area contributed by atoms with Crippen LogP contribution >= 0.6 is 0 Å². The molecule has 4 saturated carbocycles. The molecule has 0 saturated heterocycles. The number of rotatable bonds is 3. The van der Waals surface area contributed by atoms with Crippen LogP contribution in [0.1, 0.15) is 52.4 Å². The normalized spacial score (nSPS) is 46.3. The Hall–Kier alpha value is -0.0400. The van der Waals surface area contributed by atoms with E-state index >= 15 is 0 Å². The number of hydrogen-bond donors (Lipinski definition) is 1. The van der Waals surface area contributed by atoms with Gasteiger partial charge in [-0.15, -0.1) is 0 Å². The summed E-state index contributed by atoms with van der Waals surface area (Å²) in [6, 6.07) is 0. The average molecular weight is 221 g/mol. The topological polar surface area (TPSA) is 26.0 Å². The first kappa shape index (κ1) is 11.1. The lowest BCUT2D eigenvalue weighted by molar-refractivity contribution is -0.0518. The van der Waals surface area contributed by atoms with E-state index in [1.54, 1.807) is 32.1 Å². The summed E-state index contributed by atoms with van der Waals surface area (Å²) in [6.07, 6.45) is 9.17. The largest absolute Gasteiger partial charge is 0.330 e. The molecule has 0 aromatic heterocycles. The maximum absolute atomic E-state index is 5.91. The quantitative estimate of drug-likeness (QED) is 0.776. The number of hydrogen-bond acceptors (Lipinski definition) is 1. The van der Waals surface area contributed by atoms with Crippen molar-refractivity contribution in [3.05, 3.63) is 0 Å². The van der Waals surface area contributed by atoms with E-state index in [-0.39, 0.29) is 0 Å². The van der Waals surface area contributed by atoms with Crippen molar-refractivity contribution in [1.82, 2.24) is 0 Å². The molecule has 0 aliphatic heterocycles. The van der Waals surface area contributed by atoms with Crippen LogP contribution in [0.5, 0.6) is 0 Å². The molecule has 1 nitrogen and oxygen atoms in total. The van der Waals surface area contributed by atoms with E-state index in [0.29, 0.717) is 5.41 Å². The van der Waals surface area contributed by atoms with Gasteiger partial charge in [-0.3, -0.25) is 0 Å². The smallest absolute Gasteiger partial charge is 0.00257 e. The maximum atomic E-state index is 5.91. The summed E-state index contributed by atoms with van der Waals surface area (Å²) in [4.78, 5) is 0. The van der Waals surface area contributed by atoms with Gasteiger partial charge in [-0.05, 0) is 80.1 Å². The Bertz CT molecular complexity index is 241. The number of nitrogens with two attached hydrogens (primary N) is 1. The zero-order valence-corrected chi connectivity index (χ0v) is 10.9. The van der Waals surface area contributed by atoms with Crippen molar-refractivity contribution in [2.75, 3.05) is 6.54 Å². The van der Waals surface area contributed by atoms with Crippen molar-refractivity contribution in [2.45, 2.75) is 52.4 Å². The first-order chi connectivity index (χ1) is 7.57. The van der Waals surface area contributed by atoms with Crippen molar-refractivity contribution < 1.29 is 0 Å². The van der Waals surface area contributed by atoms with Gasteiger partial charge in [0.1, 0.15) is 0 Å². The van der Waals surface area contributed by atoms with Crippen LogP contribution < -0.4 is 5.73 Å². The first-order valence-electron chi connectivity index (χ1n) is 7.27. The molecule has 0 spiro atoms. The van der Waals surface area contributed by atoms with Gasteiger partial charge in [-0.25, -0.2) is 0 Å². The molecule has 0 aromatic carbocycles. The summed E-state index contributed by atoms with van der Waals surface area (Å²) in [5, 5.41) is 0. The van der Waals surface area contributed by atoms with Crippen LogP contribution in [-0.2, 0) is 0 Å². The Morgan fingerprint density at radius 1 is 0.938 bits per heavy atom. The maximum Gasteiger partial charge on any atom is -0.00257 e.